The fraction of sp³-hybridized carbons (Fsp3) is 0.0714. The lowest BCUT2D eigenvalue weighted by molar-refractivity contribution is 0.415. The second kappa shape index (κ2) is 5.16. The van der Waals surface area contributed by atoms with Crippen LogP contribution in [0.15, 0.2) is 53.5 Å². The van der Waals surface area contributed by atoms with E-state index in [0.717, 1.165) is 17.0 Å². The van der Waals surface area contributed by atoms with Crippen molar-refractivity contribution in [3.05, 3.63) is 54.1 Å². The third-order valence-corrected chi connectivity index (χ3v) is 2.31. The highest BCUT2D eigenvalue weighted by molar-refractivity contribution is 5.82. The second-order valence-electron chi connectivity index (χ2n) is 3.55. The molecule has 0 saturated carbocycles. The Morgan fingerprint density at radius 2 is 1.88 bits per heavy atom. The first kappa shape index (κ1) is 11.2. The summed E-state index contributed by atoms with van der Waals surface area (Å²) in [5.74, 6) is 1.04. The average Bonchev–Trinajstić information content (AvgIpc) is 2.37. The topological polar surface area (TPSA) is 41.8 Å². The molecule has 0 aliphatic rings. The third kappa shape index (κ3) is 3.08. The summed E-state index contributed by atoms with van der Waals surface area (Å²) in [6.07, 6.45) is 1.74. The first-order valence-corrected chi connectivity index (χ1v) is 5.25. The first-order valence-electron chi connectivity index (χ1n) is 5.25. The second-order valence-corrected chi connectivity index (χ2v) is 3.55. The highest BCUT2D eigenvalue weighted by atomic mass is 16.5. The Kier molecular flexibility index (Phi) is 3.40. The number of ether oxygens (including phenoxy) is 1. The summed E-state index contributed by atoms with van der Waals surface area (Å²) in [4.78, 5) is 4.27. The first-order chi connectivity index (χ1) is 8.28. The van der Waals surface area contributed by atoms with E-state index in [1.54, 1.807) is 31.5 Å². The van der Waals surface area contributed by atoms with Gasteiger partial charge in [0, 0.05) is 12.3 Å². The van der Waals surface area contributed by atoms with E-state index in [0.29, 0.717) is 0 Å². The number of aromatic hydroxyl groups is 1. The SMILES string of the molecule is COc1ccc(C=Nc2cccc(O)c2)cc1. The Bertz CT molecular complexity index is 518. The molecule has 0 aliphatic carbocycles. The molecule has 3 nitrogen and oxygen atoms in total. The Hall–Kier alpha value is -2.29. The van der Waals surface area contributed by atoms with Crippen molar-refractivity contribution in [2.24, 2.45) is 4.99 Å². The van der Waals surface area contributed by atoms with Crippen LogP contribution >= 0.6 is 0 Å². The van der Waals surface area contributed by atoms with Crippen LogP contribution in [0.3, 0.4) is 0 Å². The summed E-state index contributed by atoms with van der Waals surface area (Å²) in [7, 11) is 1.63. The van der Waals surface area contributed by atoms with Gasteiger partial charge >= 0.3 is 0 Å². The van der Waals surface area contributed by atoms with E-state index in [1.807, 2.05) is 30.3 Å². The van der Waals surface area contributed by atoms with Gasteiger partial charge in [-0.25, -0.2) is 0 Å². The zero-order chi connectivity index (χ0) is 12.1. The molecule has 0 fully saturated rings. The Labute approximate surface area is 100 Å². The fourth-order valence-corrected chi connectivity index (χ4v) is 1.41. The zero-order valence-corrected chi connectivity index (χ0v) is 9.50. The van der Waals surface area contributed by atoms with E-state index >= 15 is 0 Å². The van der Waals surface area contributed by atoms with Gasteiger partial charge in [-0.1, -0.05) is 6.07 Å². The fourth-order valence-electron chi connectivity index (χ4n) is 1.41. The molecule has 2 rings (SSSR count). The van der Waals surface area contributed by atoms with Gasteiger partial charge in [0.2, 0.25) is 0 Å². The minimum Gasteiger partial charge on any atom is -0.508 e. The summed E-state index contributed by atoms with van der Waals surface area (Å²) in [6, 6.07) is 14.4. The molecule has 17 heavy (non-hydrogen) atoms. The number of rotatable bonds is 3. The van der Waals surface area contributed by atoms with Crippen LogP contribution in [0.25, 0.3) is 0 Å². The van der Waals surface area contributed by atoms with Gasteiger partial charge < -0.3 is 9.84 Å². The van der Waals surface area contributed by atoms with Crippen molar-refractivity contribution in [2.75, 3.05) is 7.11 Å². The van der Waals surface area contributed by atoms with Gasteiger partial charge in [-0.05, 0) is 42.0 Å². The van der Waals surface area contributed by atoms with Crippen LogP contribution < -0.4 is 4.74 Å². The number of benzene rings is 2. The van der Waals surface area contributed by atoms with Crippen molar-refractivity contribution in [3.8, 4) is 11.5 Å². The molecule has 2 aromatic carbocycles. The van der Waals surface area contributed by atoms with Gasteiger partial charge in [0.05, 0.1) is 12.8 Å². The molecule has 0 unspecified atom stereocenters. The molecule has 0 heterocycles. The molecule has 0 amide bonds. The van der Waals surface area contributed by atoms with Crippen molar-refractivity contribution in [3.63, 3.8) is 0 Å². The van der Waals surface area contributed by atoms with Crippen molar-refractivity contribution >= 4 is 11.9 Å². The Morgan fingerprint density at radius 3 is 2.53 bits per heavy atom. The molecule has 0 aliphatic heterocycles. The Morgan fingerprint density at radius 1 is 1.12 bits per heavy atom. The number of aliphatic imine (C=N–C) groups is 1. The van der Waals surface area contributed by atoms with Gasteiger partial charge in [0.1, 0.15) is 11.5 Å². The average molecular weight is 227 g/mol. The third-order valence-electron chi connectivity index (χ3n) is 2.31. The summed E-state index contributed by atoms with van der Waals surface area (Å²) in [6.45, 7) is 0. The predicted octanol–water partition coefficient (Wildman–Crippen LogP) is 3.15. The van der Waals surface area contributed by atoms with Gasteiger partial charge in [-0.2, -0.15) is 0 Å². The zero-order valence-electron chi connectivity index (χ0n) is 9.50. The molecule has 0 radical (unpaired) electrons. The lowest BCUT2D eigenvalue weighted by Crippen LogP contribution is -1.84. The van der Waals surface area contributed by atoms with Crippen molar-refractivity contribution in [1.29, 1.82) is 0 Å². The molecule has 0 aromatic heterocycles. The number of hydrogen-bond acceptors (Lipinski definition) is 3. The smallest absolute Gasteiger partial charge is 0.118 e. The molecule has 0 bridgehead atoms. The number of hydrogen-bond donors (Lipinski definition) is 1. The molecule has 3 heteroatoms. The standard InChI is InChI=1S/C14H13NO2/c1-17-14-7-5-11(6-8-14)10-15-12-3-2-4-13(16)9-12/h2-10,16H,1H3. The summed E-state index contributed by atoms with van der Waals surface area (Å²) >= 11 is 0. The van der Waals surface area contributed by atoms with Crippen LogP contribution in [0, 0.1) is 0 Å². The molecule has 1 N–H and O–H groups in total. The highest BCUT2D eigenvalue weighted by Gasteiger charge is 1.92. The lowest BCUT2D eigenvalue weighted by atomic mass is 10.2. The van der Waals surface area contributed by atoms with Gasteiger partial charge in [-0.3, -0.25) is 4.99 Å². The van der Waals surface area contributed by atoms with E-state index in [1.165, 1.54) is 0 Å². The van der Waals surface area contributed by atoms with Crippen molar-refractivity contribution in [1.82, 2.24) is 0 Å². The maximum absolute atomic E-state index is 9.29. The summed E-state index contributed by atoms with van der Waals surface area (Å²) < 4.78 is 5.07. The van der Waals surface area contributed by atoms with E-state index in [-0.39, 0.29) is 5.75 Å². The molecule has 0 saturated heterocycles. The molecular weight excluding hydrogens is 214 g/mol. The van der Waals surface area contributed by atoms with Gasteiger partial charge in [0.25, 0.3) is 0 Å². The van der Waals surface area contributed by atoms with Crippen molar-refractivity contribution < 1.29 is 9.84 Å². The summed E-state index contributed by atoms with van der Waals surface area (Å²) in [5.41, 5.74) is 1.70. The lowest BCUT2D eigenvalue weighted by Gasteiger charge is -1.99. The van der Waals surface area contributed by atoms with Gasteiger partial charge in [0.15, 0.2) is 0 Å². The van der Waals surface area contributed by atoms with Crippen LogP contribution in [0.1, 0.15) is 5.56 Å². The van der Waals surface area contributed by atoms with E-state index < -0.39 is 0 Å². The number of phenols is 1. The van der Waals surface area contributed by atoms with Crippen molar-refractivity contribution in [2.45, 2.75) is 0 Å². The largest absolute Gasteiger partial charge is 0.508 e. The maximum atomic E-state index is 9.29. The molecular formula is C14H13NO2. The number of methoxy groups -OCH3 is 1. The quantitative estimate of drug-likeness (QED) is 0.818. The monoisotopic (exact) mass is 227 g/mol. The molecule has 2 aromatic rings. The van der Waals surface area contributed by atoms with Crippen LogP contribution in [0.4, 0.5) is 5.69 Å². The number of nitrogens with zero attached hydrogens (tertiary/aromatic N) is 1. The predicted molar refractivity (Wildman–Crippen MR) is 68.4 cm³/mol. The van der Waals surface area contributed by atoms with E-state index in [4.69, 9.17) is 4.74 Å². The highest BCUT2D eigenvalue weighted by Crippen LogP contribution is 2.18. The molecule has 86 valence electrons. The van der Waals surface area contributed by atoms with Crippen LogP contribution in [-0.4, -0.2) is 18.4 Å². The van der Waals surface area contributed by atoms with E-state index in [9.17, 15) is 5.11 Å². The minimum absolute atomic E-state index is 0.217. The molecule has 0 atom stereocenters. The maximum Gasteiger partial charge on any atom is 0.118 e. The van der Waals surface area contributed by atoms with Gasteiger partial charge in [-0.15, -0.1) is 0 Å². The minimum atomic E-state index is 0.217. The Balaban J connectivity index is 2.14. The summed E-state index contributed by atoms with van der Waals surface area (Å²) in [5, 5.41) is 9.29. The van der Waals surface area contributed by atoms with E-state index in [2.05, 4.69) is 4.99 Å². The number of phenolic OH excluding ortho intramolecular Hbond substituents is 1. The van der Waals surface area contributed by atoms with Crippen LogP contribution in [0.5, 0.6) is 11.5 Å². The molecule has 0 spiro atoms. The normalized spacial score (nSPS) is 10.6. The van der Waals surface area contributed by atoms with Crippen LogP contribution in [-0.2, 0) is 0 Å². The van der Waals surface area contributed by atoms with Crippen LogP contribution in [0.2, 0.25) is 0 Å².